The van der Waals surface area contributed by atoms with E-state index in [2.05, 4.69) is 25.3 Å². The summed E-state index contributed by atoms with van der Waals surface area (Å²) in [6, 6.07) is 6.69. The maximum Gasteiger partial charge on any atom is 0.188 e. The molecule has 0 fully saturated rings. The van der Waals surface area contributed by atoms with Gasteiger partial charge in [0, 0.05) is 29.6 Å². The molecule has 0 saturated carbocycles. The van der Waals surface area contributed by atoms with Crippen LogP contribution < -0.4 is 10.9 Å². The normalized spacial score (nSPS) is 12.4. The van der Waals surface area contributed by atoms with Gasteiger partial charge in [-0.25, -0.2) is 28.7 Å². The second kappa shape index (κ2) is 9.29. The largest absolute Gasteiger partial charge is 0.375 e. The van der Waals surface area contributed by atoms with Crippen LogP contribution in [0.4, 0.5) is 14.5 Å². The molecular weight excluding hydrogens is 493 g/mol. The first-order chi connectivity index (χ1) is 16.5. The van der Waals surface area contributed by atoms with Crippen molar-refractivity contribution in [1.82, 2.24) is 19.9 Å². The summed E-state index contributed by atoms with van der Waals surface area (Å²) in [5, 5.41) is 12.6. The molecule has 4 aromatic rings. The molecule has 3 aromatic heterocycles. The van der Waals surface area contributed by atoms with Gasteiger partial charge in [-0.3, -0.25) is 0 Å². The number of fused-ring (bicyclic) bond motifs is 1. The van der Waals surface area contributed by atoms with Crippen molar-refractivity contribution in [1.29, 1.82) is 5.26 Å². The van der Waals surface area contributed by atoms with Crippen LogP contribution in [0.15, 0.2) is 36.7 Å². The average Bonchev–Trinajstić information content (AvgIpc) is 2.81. The smallest absolute Gasteiger partial charge is 0.188 e. The van der Waals surface area contributed by atoms with Gasteiger partial charge in [-0.15, -0.1) is 0 Å². The van der Waals surface area contributed by atoms with Crippen molar-refractivity contribution in [2.75, 3.05) is 18.6 Å². The Kier molecular flexibility index (Phi) is 6.54. The van der Waals surface area contributed by atoms with Gasteiger partial charge in [-0.05, 0) is 45.4 Å². The van der Waals surface area contributed by atoms with E-state index in [9.17, 15) is 14.2 Å². The molecule has 178 valence electrons. The van der Waals surface area contributed by atoms with Gasteiger partial charge in [0.2, 0.25) is 0 Å². The molecule has 4 rings (SSSR count). The van der Waals surface area contributed by atoms with Gasteiger partial charge in [-0.1, -0.05) is 11.6 Å². The summed E-state index contributed by atoms with van der Waals surface area (Å²) in [4.78, 5) is 17.0. The van der Waals surface area contributed by atoms with Crippen LogP contribution in [0.2, 0.25) is 5.02 Å². The lowest BCUT2D eigenvalue weighted by molar-refractivity contribution is 0.587. The van der Waals surface area contributed by atoms with Gasteiger partial charge < -0.3 is 9.88 Å². The Labute approximate surface area is 205 Å². The van der Waals surface area contributed by atoms with E-state index in [1.165, 1.54) is 36.7 Å². The van der Waals surface area contributed by atoms with Gasteiger partial charge in [0.25, 0.3) is 0 Å². The summed E-state index contributed by atoms with van der Waals surface area (Å²) in [6.45, 7) is 6.46. The van der Waals surface area contributed by atoms with Crippen molar-refractivity contribution in [2.45, 2.75) is 19.9 Å². The van der Waals surface area contributed by atoms with E-state index in [-0.39, 0.29) is 38.4 Å². The third-order valence-electron chi connectivity index (χ3n) is 5.36. The van der Waals surface area contributed by atoms with E-state index in [0.717, 1.165) is 0 Å². The van der Waals surface area contributed by atoms with Crippen LogP contribution in [0, 0.1) is 29.9 Å². The molecule has 0 aliphatic carbocycles. The van der Waals surface area contributed by atoms with Gasteiger partial charge in [-0.2, -0.15) is 5.26 Å². The number of pyridine rings is 2. The monoisotopic (exact) mass is 512 g/mol. The zero-order valence-electron chi connectivity index (χ0n) is 19.3. The predicted molar refractivity (Wildman–Crippen MR) is 133 cm³/mol. The highest BCUT2D eigenvalue weighted by Crippen LogP contribution is 2.37. The molecule has 0 radical (unpaired) electrons. The van der Waals surface area contributed by atoms with Crippen LogP contribution in [0.5, 0.6) is 0 Å². The maximum absolute atomic E-state index is 15.0. The van der Waals surface area contributed by atoms with Crippen LogP contribution in [-0.4, -0.2) is 33.3 Å². The number of halogens is 3. The minimum absolute atomic E-state index is 0.0406. The zero-order valence-corrected chi connectivity index (χ0v) is 20.9. The molecule has 0 aliphatic rings. The van der Waals surface area contributed by atoms with Gasteiger partial charge in [0.15, 0.2) is 11.4 Å². The van der Waals surface area contributed by atoms with Crippen molar-refractivity contribution in [3.8, 4) is 17.3 Å². The second-order valence-electron chi connectivity index (χ2n) is 8.41. The molecule has 7 nitrogen and oxygen atoms in total. The third kappa shape index (κ3) is 4.86. The van der Waals surface area contributed by atoms with Crippen molar-refractivity contribution >= 4 is 41.0 Å². The van der Waals surface area contributed by atoms with E-state index in [0.29, 0.717) is 16.9 Å². The van der Waals surface area contributed by atoms with Crippen LogP contribution >= 0.6 is 18.7 Å². The standard InChI is InChI=1S/C24H20ClF2N6OP/c1-12(16-7-14(9-28)5-6-17(16)26)32-23-20(25)13(2)31-19-8-18(27)21(33-22(19)23)15-10-29-24(30-11-15)35(3,4)34/h5-8,10-12H,1-4H3,(H,31,32). The predicted octanol–water partition coefficient (Wildman–Crippen LogP) is 5.62. The van der Waals surface area contributed by atoms with E-state index in [1.807, 2.05) is 6.07 Å². The lowest BCUT2D eigenvalue weighted by atomic mass is 10.0. The summed E-state index contributed by atoms with van der Waals surface area (Å²) in [6.07, 6.45) is 2.72. The molecule has 1 atom stereocenters. The van der Waals surface area contributed by atoms with Crippen LogP contribution in [-0.2, 0) is 4.57 Å². The Hall–Kier alpha value is -3.47. The molecule has 11 heteroatoms. The highest BCUT2D eigenvalue weighted by Gasteiger charge is 2.21. The van der Waals surface area contributed by atoms with Crippen LogP contribution in [0.25, 0.3) is 22.3 Å². The first kappa shape index (κ1) is 24.6. The molecule has 1 aromatic carbocycles. The highest BCUT2D eigenvalue weighted by atomic mass is 35.5. The first-order valence-electron chi connectivity index (χ1n) is 10.5. The summed E-state index contributed by atoms with van der Waals surface area (Å²) in [5.41, 5.74) is 2.29. The second-order valence-corrected chi connectivity index (χ2v) is 11.9. The number of hydrogen-bond acceptors (Lipinski definition) is 7. The van der Waals surface area contributed by atoms with Crippen molar-refractivity contribution < 1.29 is 13.3 Å². The first-order valence-corrected chi connectivity index (χ1v) is 13.5. The quantitative estimate of drug-likeness (QED) is 0.346. The Balaban J connectivity index is 1.84. The molecule has 0 amide bonds. The molecule has 1 unspecified atom stereocenters. The minimum Gasteiger partial charge on any atom is -0.375 e. The topological polar surface area (TPSA) is 104 Å². The number of nitriles is 1. The molecule has 3 heterocycles. The summed E-state index contributed by atoms with van der Waals surface area (Å²) < 4.78 is 41.7. The minimum atomic E-state index is -2.68. The molecular formula is C24H20ClF2N6OP. The van der Waals surface area contributed by atoms with E-state index >= 15 is 4.39 Å². The number of aryl methyl sites for hydroxylation is 1. The molecule has 0 bridgehead atoms. The van der Waals surface area contributed by atoms with E-state index in [4.69, 9.17) is 11.6 Å². The van der Waals surface area contributed by atoms with Gasteiger partial charge in [0.1, 0.15) is 24.2 Å². The van der Waals surface area contributed by atoms with Crippen molar-refractivity contribution in [2.24, 2.45) is 0 Å². The molecule has 35 heavy (non-hydrogen) atoms. The van der Waals surface area contributed by atoms with Crippen LogP contribution in [0.1, 0.15) is 29.8 Å². The number of aromatic nitrogens is 4. The lowest BCUT2D eigenvalue weighted by Crippen LogP contribution is -2.13. The van der Waals surface area contributed by atoms with Crippen LogP contribution in [0.3, 0.4) is 0 Å². The van der Waals surface area contributed by atoms with E-state index < -0.39 is 24.8 Å². The van der Waals surface area contributed by atoms with Gasteiger partial charge in [0.05, 0.1) is 39.6 Å². The highest BCUT2D eigenvalue weighted by molar-refractivity contribution is 7.69. The SMILES string of the molecule is Cc1nc2cc(F)c(-c3cnc(P(C)(C)=O)nc3)nc2c(NC(C)c2cc(C#N)ccc2F)c1Cl. The van der Waals surface area contributed by atoms with Crippen molar-refractivity contribution in [3.63, 3.8) is 0 Å². The number of anilines is 1. The summed E-state index contributed by atoms with van der Waals surface area (Å²) >= 11 is 6.55. The number of hydrogen-bond donors (Lipinski definition) is 1. The maximum atomic E-state index is 15.0. The van der Waals surface area contributed by atoms with Gasteiger partial charge >= 0.3 is 0 Å². The molecule has 0 spiro atoms. The Morgan fingerprint density at radius 1 is 1.11 bits per heavy atom. The van der Waals surface area contributed by atoms with Crippen molar-refractivity contribution in [3.05, 3.63) is 70.1 Å². The fourth-order valence-electron chi connectivity index (χ4n) is 3.56. The lowest BCUT2D eigenvalue weighted by Gasteiger charge is -2.20. The number of nitrogens with one attached hydrogen (secondary N) is 1. The average molecular weight is 513 g/mol. The fourth-order valence-corrected chi connectivity index (χ4v) is 4.42. The third-order valence-corrected chi connectivity index (χ3v) is 7.02. The summed E-state index contributed by atoms with van der Waals surface area (Å²) in [5.74, 6) is -1.14. The molecule has 0 aliphatic heterocycles. The fraction of sp³-hybridized carbons (Fsp3) is 0.208. The number of rotatable bonds is 5. The zero-order chi connectivity index (χ0) is 25.5. The summed E-state index contributed by atoms with van der Waals surface area (Å²) in [7, 11) is -2.68. The Bertz CT molecular complexity index is 1550. The number of nitrogens with zero attached hydrogens (tertiary/aromatic N) is 5. The molecule has 1 N–H and O–H groups in total. The Morgan fingerprint density at radius 3 is 2.43 bits per heavy atom. The molecule has 0 saturated heterocycles. The van der Waals surface area contributed by atoms with E-state index in [1.54, 1.807) is 27.2 Å². The number of benzene rings is 1. The Morgan fingerprint density at radius 2 is 1.80 bits per heavy atom.